The number of hydrogen-bond donors (Lipinski definition) is 1. The van der Waals surface area contributed by atoms with Crippen molar-refractivity contribution in [2.45, 2.75) is 32.9 Å². The van der Waals surface area contributed by atoms with Gasteiger partial charge in [0, 0.05) is 25.8 Å². The molecule has 4 heteroatoms. The first kappa shape index (κ1) is 16.5. The van der Waals surface area contributed by atoms with Crippen molar-refractivity contribution in [3.63, 3.8) is 0 Å². The molecule has 20 heavy (non-hydrogen) atoms. The van der Waals surface area contributed by atoms with Crippen LogP contribution in [0.5, 0.6) is 0 Å². The second-order valence-electron chi connectivity index (χ2n) is 5.62. The molecular formula is C16H26N2O2. The summed E-state index contributed by atoms with van der Waals surface area (Å²) in [7, 11) is 5.46. The molecule has 0 aliphatic carbocycles. The summed E-state index contributed by atoms with van der Waals surface area (Å²) in [5.74, 6) is -0.0253. The van der Waals surface area contributed by atoms with Gasteiger partial charge in [-0.15, -0.1) is 0 Å². The molecule has 1 aromatic carbocycles. The molecule has 112 valence electrons. The second kappa shape index (κ2) is 7.29. The van der Waals surface area contributed by atoms with Gasteiger partial charge < -0.3 is 9.64 Å². The number of ether oxygens (including phenoxy) is 1. The molecule has 0 spiro atoms. The fourth-order valence-corrected chi connectivity index (χ4v) is 2.09. The topological polar surface area (TPSA) is 41.6 Å². The van der Waals surface area contributed by atoms with Crippen molar-refractivity contribution >= 4 is 11.7 Å². The lowest BCUT2D eigenvalue weighted by atomic mass is 10.0. The van der Waals surface area contributed by atoms with E-state index in [0.717, 1.165) is 11.3 Å². The Kier molecular flexibility index (Phi) is 6.02. The number of anilines is 1. The smallest absolute Gasteiger partial charge is 0.323 e. The lowest BCUT2D eigenvalue weighted by molar-refractivity contribution is -0.144. The van der Waals surface area contributed by atoms with Crippen LogP contribution in [-0.4, -0.2) is 33.2 Å². The Morgan fingerprint density at radius 3 is 2.10 bits per heavy atom. The molecule has 0 heterocycles. The van der Waals surface area contributed by atoms with Gasteiger partial charge in [0.15, 0.2) is 0 Å². The van der Waals surface area contributed by atoms with Gasteiger partial charge in [-0.2, -0.15) is 0 Å². The first-order chi connectivity index (χ1) is 9.36. The predicted molar refractivity (Wildman–Crippen MR) is 83.0 cm³/mol. The minimum atomic E-state index is -0.288. The zero-order valence-electron chi connectivity index (χ0n) is 13.3. The fraction of sp³-hybridized carbons (Fsp3) is 0.562. The highest BCUT2D eigenvalue weighted by molar-refractivity contribution is 5.76. The van der Waals surface area contributed by atoms with Crippen LogP contribution in [0.4, 0.5) is 5.69 Å². The second-order valence-corrected chi connectivity index (χ2v) is 5.62. The zero-order valence-corrected chi connectivity index (χ0v) is 13.3. The van der Waals surface area contributed by atoms with E-state index in [9.17, 15) is 4.79 Å². The van der Waals surface area contributed by atoms with E-state index >= 15 is 0 Å². The van der Waals surface area contributed by atoms with Gasteiger partial charge in [-0.3, -0.25) is 10.1 Å². The van der Waals surface area contributed by atoms with Gasteiger partial charge in [-0.05, 0) is 30.5 Å². The van der Waals surface area contributed by atoms with Crippen molar-refractivity contribution in [2.75, 3.05) is 26.1 Å². The van der Waals surface area contributed by atoms with E-state index in [-0.39, 0.29) is 24.0 Å². The number of esters is 1. The Labute approximate surface area is 122 Å². The summed E-state index contributed by atoms with van der Waals surface area (Å²) < 4.78 is 4.85. The largest absolute Gasteiger partial charge is 0.468 e. The summed E-state index contributed by atoms with van der Waals surface area (Å²) in [6.07, 6.45) is 0. The van der Waals surface area contributed by atoms with Crippen LogP contribution in [0.25, 0.3) is 0 Å². The number of carbonyl (C=O) groups is 1. The lowest BCUT2D eigenvalue weighted by Gasteiger charge is -2.25. The average Bonchev–Trinajstić information content (AvgIpc) is 2.43. The highest BCUT2D eigenvalue weighted by Gasteiger charge is 2.24. The van der Waals surface area contributed by atoms with Gasteiger partial charge >= 0.3 is 5.97 Å². The zero-order chi connectivity index (χ0) is 15.3. The van der Waals surface area contributed by atoms with E-state index in [1.807, 2.05) is 27.9 Å². The molecule has 2 atom stereocenters. The highest BCUT2D eigenvalue weighted by Crippen LogP contribution is 2.19. The van der Waals surface area contributed by atoms with Gasteiger partial charge in [0.2, 0.25) is 0 Å². The molecule has 0 aromatic heterocycles. The average molecular weight is 278 g/mol. The molecule has 0 bridgehead atoms. The van der Waals surface area contributed by atoms with Gasteiger partial charge in [0.1, 0.15) is 6.04 Å². The van der Waals surface area contributed by atoms with E-state index in [1.165, 1.54) is 7.11 Å². The fourth-order valence-electron chi connectivity index (χ4n) is 2.09. The number of carbonyl (C=O) groups excluding carboxylic acids is 1. The summed E-state index contributed by atoms with van der Waals surface area (Å²) in [4.78, 5) is 13.8. The third-order valence-corrected chi connectivity index (χ3v) is 3.46. The molecule has 0 amide bonds. The lowest BCUT2D eigenvalue weighted by Crippen LogP contribution is -2.42. The van der Waals surface area contributed by atoms with Crippen LogP contribution in [0.1, 0.15) is 32.4 Å². The monoisotopic (exact) mass is 278 g/mol. The van der Waals surface area contributed by atoms with Crippen LogP contribution >= 0.6 is 0 Å². The van der Waals surface area contributed by atoms with E-state index in [2.05, 4.69) is 41.4 Å². The molecule has 0 saturated heterocycles. The Hall–Kier alpha value is -1.55. The molecular weight excluding hydrogens is 252 g/mol. The van der Waals surface area contributed by atoms with Crippen molar-refractivity contribution in [3.8, 4) is 0 Å². The van der Waals surface area contributed by atoms with Crippen molar-refractivity contribution in [2.24, 2.45) is 5.92 Å². The first-order valence-corrected chi connectivity index (χ1v) is 6.98. The third-order valence-electron chi connectivity index (χ3n) is 3.46. The number of methoxy groups -OCH3 is 1. The Morgan fingerprint density at radius 1 is 1.15 bits per heavy atom. The molecule has 0 aliphatic rings. The van der Waals surface area contributed by atoms with Crippen molar-refractivity contribution in [1.82, 2.24) is 5.32 Å². The molecule has 1 N–H and O–H groups in total. The van der Waals surface area contributed by atoms with E-state index in [4.69, 9.17) is 4.74 Å². The number of nitrogens with one attached hydrogen (secondary N) is 1. The summed E-state index contributed by atoms with van der Waals surface area (Å²) >= 11 is 0. The molecule has 0 radical (unpaired) electrons. The van der Waals surface area contributed by atoms with Crippen LogP contribution in [0.3, 0.4) is 0 Å². The van der Waals surface area contributed by atoms with Crippen molar-refractivity contribution in [3.05, 3.63) is 29.8 Å². The normalized spacial score (nSPS) is 13.9. The van der Waals surface area contributed by atoms with Gasteiger partial charge in [-0.25, -0.2) is 0 Å². The van der Waals surface area contributed by atoms with E-state index < -0.39 is 0 Å². The minimum Gasteiger partial charge on any atom is -0.468 e. The Bertz CT molecular complexity index is 427. The third kappa shape index (κ3) is 4.23. The van der Waals surface area contributed by atoms with Crippen LogP contribution in [0, 0.1) is 5.92 Å². The van der Waals surface area contributed by atoms with Gasteiger partial charge in [0.25, 0.3) is 0 Å². The number of benzene rings is 1. The number of rotatable bonds is 6. The van der Waals surface area contributed by atoms with Crippen LogP contribution < -0.4 is 10.2 Å². The maximum absolute atomic E-state index is 11.8. The quantitative estimate of drug-likeness (QED) is 0.812. The number of hydrogen-bond acceptors (Lipinski definition) is 4. The van der Waals surface area contributed by atoms with E-state index in [0.29, 0.717) is 0 Å². The first-order valence-electron chi connectivity index (χ1n) is 6.98. The molecule has 0 aliphatic heterocycles. The molecule has 4 nitrogen and oxygen atoms in total. The summed E-state index contributed by atoms with van der Waals surface area (Å²) in [6, 6.07) is 8.14. The summed E-state index contributed by atoms with van der Waals surface area (Å²) in [5, 5.41) is 3.34. The molecule has 0 fully saturated rings. The number of nitrogens with zero attached hydrogens (tertiary/aromatic N) is 1. The van der Waals surface area contributed by atoms with E-state index in [1.54, 1.807) is 0 Å². The summed E-state index contributed by atoms with van der Waals surface area (Å²) in [5.41, 5.74) is 2.32. The maximum Gasteiger partial charge on any atom is 0.323 e. The highest BCUT2D eigenvalue weighted by atomic mass is 16.5. The Morgan fingerprint density at radius 2 is 1.70 bits per heavy atom. The molecule has 0 saturated carbocycles. The maximum atomic E-state index is 11.8. The van der Waals surface area contributed by atoms with Gasteiger partial charge in [-0.1, -0.05) is 26.0 Å². The van der Waals surface area contributed by atoms with Crippen LogP contribution in [-0.2, 0) is 9.53 Å². The minimum absolute atomic E-state index is 0.0951. The van der Waals surface area contributed by atoms with Crippen molar-refractivity contribution in [1.29, 1.82) is 0 Å². The SMILES string of the molecule is COC(=O)C(NC(C)c1ccc(N(C)C)cc1)C(C)C. The Balaban J connectivity index is 2.78. The molecule has 1 rings (SSSR count). The van der Waals surface area contributed by atoms with Crippen LogP contribution in [0.15, 0.2) is 24.3 Å². The van der Waals surface area contributed by atoms with Gasteiger partial charge in [0.05, 0.1) is 7.11 Å². The van der Waals surface area contributed by atoms with Crippen molar-refractivity contribution < 1.29 is 9.53 Å². The molecule has 2 unspecified atom stereocenters. The standard InChI is InChI=1S/C16H26N2O2/c1-11(2)15(16(19)20-6)17-12(3)13-7-9-14(10-8-13)18(4)5/h7-12,15,17H,1-6H3. The summed E-state index contributed by atoms with van der Waals surface area (Å²) in [6.45, 7) is 6.08. The van der Waals surface area contributed by atoms with Crippen LogP contribution in [0.2, 0.25) is 0 Å². The molecule has 1 aromatic rings. The predicted octanol–water partition coefficient (Wildman–Crippen LogP) is 2.60.